The van der Waals surface area contributed by atoms with Gasteiger partial charge in [-0.05, 0) is 43.4 Å². The number of benzene rings is 1. The zero-order valence-corrected chi connectivity index (χ0v) is 18.0. The Morgan fingerprint density at radius 1 is 1.29 bits per heavy atom. The predicted molar refractivity (Wildman–Crippen MR) is 112 cm³/mol. The molecule has 2 N–H and O–H groups in total. The van der Waals surface area contributed by atoms with Crippen molar-refractivity contribution in [2.24, 2.45) is 12.2 Å². The van der Waals surface area contributed by atoms with Crippen molar-refractivity contribution >= 4 is 21.7 Å². The van der Waals surface area contributed by atoms with Gasteiger partial charge in [0.05, 0.1) is 11.6 Å². The maximum absolute atomic E-state index is 13.0. The van der Waals surface area contributed by atoms with Gasteiger partial charge < -0.3 is 4.90 Å². The highest BCUT2D eigenvalue weighted by molar-refractivity contribution is 7.90. The number of primary sulfonamides is 1. The molecule has 1 saturated carbocycles. The van der Waals surface area contributed by atoms with Crippen LogP contribution in [0.5, 0.6) is 0 Å². The second-order valence-corrected chi connectivity index (χ2v) is 10.2. The molecule has 0 spiro atoms. The number of hydrogen-bond donors (Lipinski definition) is 1. The molecule has 1 aromatic carbocycles. The number of amides is 1. The molecule has 2 aliphatic rings. The molecule has 2 aromatic rings. The van der Waals surface area contributed by atoms with Crippen molar-refractivity contribution in [2.45, 2.75) is 36.9 Å². The topological polar surface area (TPSA) is 139 Å². The van der Waals surface area contributed by atoms with Crippen LogP contribution < -0.4 is 5.14 Å². The smallest absolute Gasteiger partial charge is 0.272 e. The number of nitrogens with two attached hydrogens (primary N) is 1. The van der Waals surface area contributed by atoms with Gasteiger partial charge in [-0.1, -0.05) is 12.1 Å². The predicted octanol–water partition coefficient (Wildman–Crippen LogP) is 0.927. The Bertz CT molecular complexity index is 1200. The van der Waals surface area contributed by atoms with Crippen LogP contribution in [-0.4, -0.2) is 52.6 Å². The van der Waals surface area contributed by atoms with Crippen molar-refractivity contribution in [2.75, 3.05) is 13.1 Å². The van der Waals surface area contributed by atoms with Crippen LogP contribution in [-0.2, 0) is 29.9 Å². The van der Waals surface area contributed by atoms with Gasteiger partial charge in [0.25, 0.3) is 5.91 Å². The standard InChI is InChI=1S/C21H23N5O4S/c1-25-19-16(8-11-26(20(19)28)13-21(9-10-21)31(23,29)30)18(24-25)17(27)7-6-14-2-4-15(12-22)5-3-14/h2-5H,6-11,13H2,1H3,(H2,23,29,30). The number of carbonyl (C=O) groups is 2. The molecule has 9 nitrogen and oxygen atoms in total. The molecule has 10 heteroatoms. The molecule has 2 heterocycles. The number of carbonyl (C=O) groups excluding carboxylic acids is 2. The van der Waals surface area contributed by atoms with Crippen LogP contribution in [0.25, 0.3) is 0 Å². The summed E-state index contributed by atoms with van der Waals surface area (Å²) in [5, 5.41) is 18.5. The third-order valence-corrected chi connectivity index (χ3v) is 7.89. The molecule has 1 aliphatic heterocycles. The molecule has 162 valence electrons. The Hall–Kier alpha value is -3.03. The van der Waals surface area contributed by atoms with Crippen LogP contribution in [0.1, 0.15) is 56.9 Å². The Kier molecular flexibility index (Phi) is 5.19. The number of aryl methyl sites for hydroxylation is 2. The fraction of sp³-hybridized carbons (Fsp3) is 0.429. The molecule has 1 fully saturated rings. The summed E-state index contributed by atoms with van der Waals surface area (Å²) in [5.74, 6) is -0.469. The van der Waals surface area contributed by atoms with Crippen molar-refractivity contribution in [3.63, 3.8) is 0 Å². The number of hydrogen-bond acceptors (Lipinski definition) is 6. The number of fused-ring (bicyclic) bond motifs is 1. The number of nitriles is 1. The van der Waals surface area contributed by atoms with Gasteiger partial charge in [-0.3, -0.25) is 14.3 Å². The summed E-state index contributed by atoms with van der Waals surface area (Å²) in [7, 11) is -2.12. The number of ketones is 1. The Balaban J connectivity index is 1.49. The van der Waals surface area contributed by atoms with Gasteiger partial charge in [-0.25, -0.2) is 13.6 Å². The van der Waals surface area contributed by atoms with E-state index in [1.165, 1.54) is 9.58 Å². The molecule has 4 rings (SSSR count). The second kappa shape index (κ2) is 7.59. The minimum Gasteiger partial charge on any atom is -0.335 e. The normalized spacial score (nSPS) is 17.2. The highest BCUT2D eigenvalue weighted by atomic mass is 32.2. The lowest BCUT2D eigenvalue weighted by Crippen LogP contribution is -2.47. The molecule has 0 bridgehead atoms. The van der Waals surface area contributed by atoms with E-state index in [0.717, 1.165) is 5.56 Å². The molecule has 0 radical (unpaired) electrons. The summed E-state index contributed by atoms with van der Waals surface area (Å²) in [5.41, 5.74) is 2.75. The average Bonchev–Trinajstić information content (AvgIpc) is 3.45. The fourth-order valence-electron chi connectivity index (χ4n) is 4.09. The van der Waals surface area contributed by atoms with Crippen LogP contribution in [0.2, 0.25) is 0 Å². The third kappa shape index (κ3) is 3.86. The maximum Gasteiger partial charge on any atom is 0.272 e. The Morgan fingerprint density at radius 2 is 1.97 bits per heavy atom. The zero-order chi connectivity index (χ0) is 22.4. The van der Waals surface area contributed by atoms with Gasteiger partial charge in [0.15, 0.2) is 5.78 Å². The molecule has 31 heavy (non-hydrogen) atoms. The van der Waals surface area contributed by atoms with Gasteiger partial charge in [0.2, 0.25) is 10.0 Å². The number of sulfonamides is 1. The molecule has 1 aliphatic carbocycles. The van der Waals surface area contributed by atoms with Crippen molar-refractivity contribution in [3.8, 4) is 6.07 Å². The van der Waals surface area contributed by atoms with E-state index in [9.17, 15) is 18.0 Å². The van der Waals surface area contributed by atoms with Gasteiger partial charge >= 0.3 is 0 Å². The van der Waals surface area contributed by atoms with E-state index in [4.69, 9.17) is 10.4 Å². The second-order valence-electron chi connectivity index (χ2n) is 8.24. The first-order valence-electron chi connectivity index (χ1n) is 10.0. The SMILES string of the molecule is Cn1nc(C(=O)CCc2ccc(C#N)cc2)c2c1C(=O)N(CC1(S(N)(=O)=O)CC1)CC2. The molecule has 1 amide bonds. The number of aromatic nitrogens is 2. The van der Waals surface area contributed by atoms with E-state index in [0.29, 0.717) is 54.7 Å². The van der Waals surface area contributed by atoms with E-state index in [-0.39, 0.29) is 24.7 Å². The van der Waals surface area contributed by atoms with Crippen LogP contribution in [0.15, 0.2) is 24.3 Å². The highest BCUT2D eigenvalue weighted by Gasteiger charge is 2.55. The summed E-state index contributed by atoms with van der Waals surface area (Å²) >= 11 is 0. The monoisotopic (exact) mass is 441 g/mol. The quantitative estimate of drug-likeness (QED) is 0.634. The van der Waals surface area contributed by atoms with E-state index in [1.54, 1.807) is 19.2 Å². The van der Waals surface area contributed by atoms with Gasteiger partial charge in [-0.15, -0.1) is 0 Å². The Morgan fingerprint density at radius 3 is 2.55 bits per heavy atom. The molecular formula is C21H23N5O4S. The van der Waals surface area contributed by atoms with Crippen LogP contribution in [0, 0.1) is 11.3 Å². The lowest BCUT2D eigenvalue weighted by molar-refractivity contribution is 0.0724. The summed E-state index contributed by atoms with van der Waals surface area (Å²) in [6, 6.07) is 9.12. The van der Waals surface area contributed by atoms with Crippen molar-refractivity contribution < 1.29 is 18.0 Å². The van der Waals surface area contributed by atoms with Crippen molar-refractivity contribution in [3.05, 3.63) is 52.3 Å². The van der Waals surface area contributed by atoms with Gasteiger partial charge in [0.1, 0.15) is 16.1 Å². The Labute approximate surface area is 180 Å². The first kappa shape index (κ1) is 21.2. The summed E-state index contributed by atoms with van der Waals surface area (Å²) in [4.78, 5) is 27.4. The first-order valence-corrected chi connectivity index (χ1v) is 11.6. The third-order valence-electron chi connectivity index (χ3n) is 6.14. The highest BCUT2D eigenvalue weighted by Crippen LogP contribution is 2.43. The van der Waals surface area contributed by atoms with Crippen LogP contribution >= 0.6 is 0 Å². The lowest BCUT2D eigenvalue weighted by Gasteiger charge is -2.30. The zero-order valence-electron chi connectivity index (χ0n) is 17.2. The number of Topliss-reactive ketones (excluding diaryl/α,β-unsaturated/α-hetero) is 1. The summed E-state index contributed by atoms with van der Waals surface area (Å²) < 4.78 is 24.1. The maximum atomic E-state index is 13.0. The van der Waals surface area contributed by atoms with Crippen LogP contribution in [0.4, 0.5) is 0 Å². The summed E-state index contributed by atoms with van der Waals surface area (Å²) in [6.45, 7) is 0.391. The van der Waals surface area contributed by atoms with E-state index in [2.05, 4.69) is 11.2 Å². The van der Waals surface area contributed by atoms with Crippen molar-refractivity contribution in [1.29, 1.82) is 5.26 Å². The van der Waals surface area contributed by atoms with Gasteiger partial charge in [-0.2, -0.15) is 10.4 Å². The summed E-state index contributed by atoms with van der Waals surface area (Å²) in [6.07, 6.45) is 2.09. The van der Waals surface area contributed by atoms with Gasteiger partial charge in [0, 0.05) is 32.1 Å². The molecule has 0 unspecified atom stereocenters. The van der Waals surface area contributed by atoms with E-state index < -0.39 is 14.8 Å². The minimum atomic E-state index is -3.74. The minimum absolute atomic E-state index is 0.0667. The molecule has 0 saturated heterocycles. The molecule has 0 atom stereocenters. The van der Waals surface area contributed by atoms with Crippen LogP contribution in [0.3, 0.4) is 0 Å². The molecular weight excluding hydrogens is 418 g/mol. The largest absolute Gasteiger partial charge is 0.335 e. The average molecular weight is 442 g/mol. The van der Waals surface area contributed by atoms with E-state index >= 15 is 0 Å². The first-order chi connectivity index (χ1) is 14.6. The van der Waals surface area contributed by atoms with Crippen molar-refractivity contribution in [1.82, 2.24) is 14.7 Å². The fourth-order valence-corrected chi connectivity index (χ4v) is 5.09. The molecule has 1 aromatic heterocycles. The van der Waals surface area contributed by atoms with E-state index in [1.807, 2.05) is 12.1 Å². The number of nitrogens with zero attached hydrogens (tertiary/aromatic N) is 4. The number of rotatable bonds is 7. The lowest BCUT2D eigenvalue weighted by atomic mass is 9.98.